The van der Waals surface area contributed by atoms with E-state index in [4.69, 9.17) is 13.9 Å². The molecule has 156 valence electrons. The van der Waals surface area contributed by atoms with Gasteiger partial charge in [0.05, 0.1) is 31.9 Å². The molecule has 0 N–H and O–H groups in total. The molecule has 0 unspecified atom stereocenters. The zero-order valence-corrected chi connectivity index (χ0v) is 20.2. The van der Waals surface area contributed by atoms with Crippen LogP contribution in [-0.4, -0.2) is 46.2 Å². The Bertz CT molecular complexity index is 726. The first-order valence-corrected chi connectivity index (χ1v) is 13.7. The zero-order valence-electron chi connectivity index (χ0n) is 17.6. The van der Waals surface area contributed by atoms with Crippen molar-refractivity contribution in [3.63, 3.8) is 0 Å². The number of carbonyl (C=O) groups excluding carboxylic acids is 1. The molecule has 1 fully saturated rings. The van der Waals surface area contributed by atoms with Crippen LogP contribution in [0.4, 0.5) is 5.69 Å². The summed E-state index contributed by atoms with van der Waals surface area (Å²) in [4.78, 5) is 15.1. The number of rotatable bonds is 4. The smallest absolute Gasteiger partial charge is 0.231 e. The highest BCUT2D eigenvalue weighted by molar-refractivity contribution is 9.10. The number of fused-ring (bicyclic) bond motifs is 1. The fourth-order valence-electron chi connectivity index (χ4n) is 3.44. The summed E-state index contributed by atoms with van der Waals surface area (Å²) in [7, 11) is -1.86. The minimum Gasteiger partial charge on any atom is -0.484 e. The third kappa shape index (κ3) is 4.63. The number of hydrogen-bond acceptors (Lipinski definition) is 4. The topological polar surface area (TPSA) is 48.0 Å². The molecule has 2 aliphatic rings. The lowest BCUT2D eigenvalue weighted by Crippen LogP contribution is -2.46. The van der Waals surface area contributed by atoms with Gasteiger partial charge < -0.3 is 18.8 Å². The van der Waals surface area contributed by atoms with Crippen molar-refractivity contribution < 1.29 is 18.7 Å². The van der Waals surface area contributed by atoms with E-state index < -0.39 is 13.9 Å². The fraction of sp³-hybridized carbons (Fsp3) is 0.667. The monoisotopic (exact) mass is 469 g/mol. The lowest BCUT2D eigenvalue weighted by molar-refractivity contribution is -0.125. The number of nitrogens with zero attached hydrogens (tertiary/aromatic N) is 1. The summed E-state index contributed by atoms with van der Waals surface area (Å²) in [5, 5.41) is 0.147. The molecule has 0 aromatic heterocycles. The molecule has 1 aromatic carbocycles. The van der Waals surface area contributed by atoms with Gasteiger partial charge in [-0.2, -0.15) is 0 Å². The number of amides is 1. The van der Waals surface area contributed by atoms with Crippen molar-refractivity contribution in [2.24, 2.45) is 0 Å². The maximum atomic E-state index is 13.2. The van der Waals surface area contributed by atoms with Gasteiger partial charge in [0, 0.05) is 23.9 Å². The number of ether oxygens (including phenoxy) is 2. The predicted molar refractivity (Wildman–Crippen MR) is 118 cm³/mol. The van der Waals surface area contributed by atoms with Gasteiger partial charge in [0.2, 0.25) is 5.91 Å². The van der Waals surface area contributed by atoms with Gasteiger partial charge in [-0.05, 0) is 36.3 Å². The largest absolute Gasteiger partial charge is 0.484 e. The molecule has 1 spiro atoms. The van der Waals surface area contributed by atoms with Gasteiger partial charge in [-0.15, -0.1) is 0 Å². The molecule has 0 saturated carbocycles. The molecule has 3 rings (SSSR count). The Hall–Kier alpha value is -0.893. The average Bonchev–Trinajstić information content (AvgIpc) is 2.68. The first-order chi connectivity index (χ1) is 13.0. The van der Waals surface area contributed by atoms with Crippen LogP contribution < -0.4 is 9.64 Å². The summed E-state index contributed by atoms with van der Waals surface area (Å²) in [6.45, 7) is 13.5. The second-order valence-electron chi connectivity index (χ2n) is 9.34. The highest BCUT2D eigenvalue weighted by Crippen LogP contribution is 2.42. The van der Waals surface area contributed by atoms with Gasteiger partial charge in [-0.1, -0.05) is 36.7 Å². The third-order valence-electron chi connectivity index (χ3n) is 6.30. The molecule has 28 heavy (non-hydrogen) atoms. The summed E-state index contributed by atoms with van der Waals surface area (Å²) in [5.41, 5.74) is 0.357. The van der Waals surface area contributed by atoms with Crippen LogP contribution in [0.25, 0.3) is 0 Å². The Morgan fingerprint density at radius 2 is 1.93 bits per heavy atom. The third-order valence-corrected chi connectivity index (χ3v) is 11.3. The van der Waals surface area contributed by atoms with E-state index in [2.05, 4.69) is 49.8 Å². The predicted octanol–water partition coefficient (Wildman–Crippen LogP) is 5.14. The Kier molecular flexibility index (Phi) is 6.30. The van der Waals surface area contributed by atoms with Crippen LogP contribution in [0.2, 0.25) is 18.1 Å². The van der Waals surface area contributed by atoms with E-state index in [9.17, 15) is 4.79 Å². The van der Waals surface area contributed by atoms with Gasteiger partial charge in [0.25, 0.3) is 0 Å². The minimum atomic E-state index is -1.86. The quantitative estimate of drug-likeness (QED) is 0.572. The van der Waals surface area contributed by atoms with E-state index in [1.165, 1.54) is 0 Å². The molecule has 7 heteroatoms. The maximum Gasteiger partial charge on any atom is 0.231 e. The Balaban J connectivity index is 1.82. The molecule has 1 saturated heterocycles. The van der Waals surface area contributed by atoms with Crippen LogP contribution in [0.15, 0.2) is 22.7 Å². The van der Waals surface area contributed by atoms with Gasteiger partial charge in [0.15, 0.2) is 8.32 Å². The van der Waals surface area contributed by atoms with E-state index >= 15 is 0 Å². The van der Waals surface area contributed by atoms with E-state index in [1.807, 2.05) is 23.1 Å². The highest BCUT2D eigenvalue weighted by Gasteiger charge is 2.42. The molecular weight excluding hydrogens is 438 g/mol. The molecule has 5 nitrogen and oxygen atoms in total. The SMILES string of the molecule is CC(C)(C)[Si](C)(C)OCCN1C(=O)CC2(CCOCC2)Oc2cc(Br)ccc21. The first-order valence-electron chi connectivity index (χ1n) is 10.0. The molecular formula is C21H32BrNO4Si. The molecule has 0 radical (unpaired) electrons. The van der Waals surface area contributed by atoms with Gasteiger partial charge in [0.1, 0.15) is 11.4 Å². The number of hydrogen-bond donors (Lipinski definition) is 0. The molecule has 1 aromatic rings. The van der Waals surface area contributed by atoms with E-state index in [1.54, 1.807) is 0 Å². The van der Waals surface area contributed by atoms with Crippen molar-refractivity contribution in [3.05, 3.63) is 22.7 Å². The molecule has 2 heterocycles. The van der Waals surface area contributed by atoms with Crippen molar-refractivity contribution >= 4 is 35.8 Å². The first kappa shape index (κ1) is 21.8. The highest BCUT2D eigenvalue weighted by atomic mass is 79.9. The van der Waals surface area contributed by atoms with Crippen molar-refractivity contribution in [3.8, 4) is 5.75 Å². The van der Waals surface area contributed by atoms with Crippen molar-refractivity contribution in [1.82, 2.24) is 0 Å². The zero-order chi connectivity index (χ0) is 20.6. The normalized spacial score (nSPS) is 19.9. The van der Waals surface area contributed by atoms with Crippen molar-refractivity contribution in [1.29, 1.82) is 0 Å². The van der Waals surface area contributed by atoms with Crippen LogP contribution in [-0.2, 0) is 14.0 Å². The summed E-state index contributed by atoms with van der Waals surface area (Å²) in [5.74, 6) is 0.858. The van der Waals surface area contributed by atoms with Crippen LogP contribution in [0.3, 0.4) is 0 Å². The lowest BCUT2D eigenvalue weighted by atomic mass is 9.90. The summed E-state index contributed by atoms with van der Waals surface area (Å²) in [6.07, 6.45) is 1.85. The Morgan fingerprint density at radius 3 is 2.57 bits per heavy atom. The fourth-order valence-corrected chi connectivity index (χ4v) is 4.82. The second kappa shape index (κ2) is 8.09. The van der Waals surface area contributed by atoms with Crippen molar-refractivity contribution in [2.75, 3.05) is 31.3 Å². The van der Waals surface area contributed by atoms with E-state index in [0.29, 0.717) is 32.8 Å². The van der Waals surface area contributed by atoms with Gasteiger partial charge >= 0.3 is 0 Å². The molecule has 0 aliphatic carbocycles. The Labute approximate surface area is 178 Å². The number of benzene rings is 1. The van der Waals surface area contributed by atoms with E-state index in [-0.39, 0.29) is 10.9 Å². The summed E-state index contributed by atoms with van der Waals surface area (Å²) < 4.78 is 19.3. The minimum absolute atomic E-state index is 0.0989. The molecule has 1 amide bonds. The molecule has 0 bridgehead atoms. The van der Waals surface area contributed by atoms with Crippen molar-refractivity contribution in [2.45, 2.75) is 63.8 Å². The second-order valence-corrected chi connectivity index (χ2v) is 15.1. The molecule has 0 atom stereocenters. The lowest BCUT2D eigenvalue weighted by Gasteiger charge is -2.37. The van der Waals surface area contributed by atoms with Crippen LogP contribution in [0.1, 0.15) is 40.0 Å². The number of carbonyl (C=O) groups is 1. The van der Waals surface area contributed by atoms with Crippen LogP contribution in [0, 0.1) is 0 Å². The summed E-state index contributed by atoms with van der Waals surface area (Å²) in [6, 6.07) is 5.88. The standard InChI is InChI=1S/C21H32BrNO4Si/c1-20(2,3)28(4,5)26-13-10-23-17-7-6-16(22)14-18(17)27-21(15-19(23)24)8-11-25-12-9-21/h6-7,14H,8-13,15H2,1-5H3. The van der Waals surface area contributed by atoms with Gasteiger partial charge in [-0.3, -0.25) is 4.79 Å². The summed E-state index contributed by atoms with van der Waals surface area (Å²) >= 11 is 3.54. The van der Waals surface area contributed by atoms with Crippen LogP contribution >= 0.6 is 15.9 Å². The maximum absolute atomic E-state index is 13.2. The van der Waals surface area contributed by atoms with Gasteiger partial charge in [-0.25, -0.2) is 0 Å². The average molecular weight is 470 g/mol. The molecule has 2 aliphatic heterocycles. The van der Waals surface area contributed by atoms with Crippen LogP contribution in [0.5, 0.6) is 5.75 Å². The van der Waals surface area contributed by atoms with E-state index in [0.717, 1.165) is 28.8 Å². The Morgan fingerprint density at radius 1 is 1.25 bits per heavy atom. The number of anilines is 1. The number of halogens is 1.